The average molecular weight is 520 g/mol. The molecule has 3 aromatic rings. The van der Waals surface area contributed by atoms with E-state index in [-0.39, 0.29) is 24.8 Å². The number of carbonyl (C=O) groups excluding carboxylic acids is 1. The van der Waals surface area contributed by atoms with Crippen LogP contribution in [0.2, 0.25) is 0 Å². The van der Waals surface area contributed by atoms with Crippen molar-refractivity contribution < 1.29 is 32.6 Å². The van der Waals surface area contributed by atoms with Gasteiger partial charge in [0, 0.05) is 11.4 Å². The van der Waals surface area contributed by atoms with Gasteiger partial charge in [0.1, 0.15) is 5.75 Å². The predicted octanol–water partition coefficient (Wildman–Crippen LogP) is 6.51. The zero-order valence-corrected chi connectivity index (χ0v) is 21.1. The number of halogens is 3. The van der Waals surface area contributed by atoms with E-state index >= 15 is 0 Å². The Morgan fingerprint density at radius 1 is 1.06 bits per heavy atom. The van der Waals surface area contributed by atoms with Crippen LogP contribution in [-0.4, -0.2) is 30.1 Å². The van der Waals surface area contributed by atoms with Crippen LogP contribution in [0.25, 0.3) is 11.1 Å². The molecule has 3 rings (SSSR count). The van der Waals surface area contributed by atoms with Crippen molar-refractivity contribution in [1.29, 1.82) is 0 Å². The highest BCUT2D eigenvalue weighted by Crippen LogP contribution is 2.34. The van der Waals surface area contributed by atoms with Crippen molar-refractivity contribution in [2.45, 2.75) is 39.8 Å². The molecule has 192 valence electrons. The molecule has 1 atom stereocenters. The summed E-state index contributed by atoms with van der Waals surface area (Å²) in [7, 11) is 0. The molecule has 0 spiro atoms. The summed E-state index contributed by atoms with van der Waals surface area (Å²) in [6.07, 6.45) is -3.77. The summed E-state index contributed by atoms with van der Waals surface area (Å²) in [6.45, 7) is 6.40. The topological polar surface area (TPSA) is 75.6 Å². The standard InChI is InChI=1S/C27H28F3NO4S/c1-16(12-22-8-9-23(36-22)26(34)31-11-10-24(32)33)15-35-21-13-17(2)25(18(3)14-21)19-4-6-20(7-5-19)27(28,29)30/h4-9,13-14,16H,10-12,15H2,1-3H3,(H,31,34)(H,32,33). The minimum atomic E-state index is -4.37. The largest absolute Gasteiger partial charge is 0.493 e. The zero-order chi connectivity index (χ0) is 26.5. The monoisotopic (exact) mass is 519 g/mol. The summed E-state index contributed by atoms with van der Waals surface area (Å²) >= 11 is 1.37. The Morgan fingerprint density at radius 2 is 1.69 bits per heavy atom. The number of carboxylic acid groups (broad SMARTS) is 1. The van der Waals surface area contributed by atoms with E-state index in [2.05, 4.69) is 5.32 Å². The van der Waals surface area contributed by atoms with Gasteiger partial charge < -0.3 is 15.2 Å². The van der Waals surface area contributed by atoms with Crippen LogP contribution in [0.4, 0.5) is 13.2 Å². The second kappa shape index (κ2) is 11.6. The summed E-state index contributed by atoms with van der Waals surface area (Å²) in [4.78, 5) is 24.3. The summed E-state index contributed by atoms with van der Waals surface area (Å²) in [6, 6.07) is 12.6. The van der Waals surface area contributed by atoms with E-state index in [1.165, 1.54) is 23.5 Å². The van der Waals surface area contributed by atoms with Crippen molar-refractivity contribution in [1.82, 2.24) is 5.32 Å². The Morgan fingerprint density at radius 3 is 2.28 bits per heavy atom. The Labute approximate surface area is 211 Å². The summed E-state index contributed by atoms with van der Waals surface area (Å²) in [5.41, 5.74) is 2.76. The zero-order valence-electron chi connectivity index (χ0n) is 20.2. The quantitative estimate of drug-likeness (QED) is 0.320. The normalized spacial score (nSPS) is 12.3. The van der Waals surface area contributed by atoms with Crippen molar-refractivity contribution in [3.8, 4) is 16.9 Å². The number of rotatable bonds is 10. The third-order valence-corrected chi connectivity index (χ3v) is 6.71. The first kappa shape index (κ1) is 27.3. The van der Waals surface area contributed by atoms with Gasteiger partial charge in [0.2, 0.25) is 0 Å². The molecule has 5 nitrogen and oxygen atoms in total. The fourth-order valence-corrected chi connectivity index (χ4v) is 5.00. The van der Waals surface area contributed by atoms with Gasteiger partial charge >= 0.3 is 12.1 Å². The molecule has 0 radical (unpaired) electrons. The molecule has 0 aliphatic carbocycles. The lowest BCUT2D eigenvalue weighted by Crippen LogP contribution is -2.25. The smallest absolute Gasteiger partial charge is 0.416 e. The van der Waals surface area contributed by atoms with Crippen LogP contribution in [0.3, 0.4) is 0 Å². The van der Waals surface area contributed by atoms with E-state index < -0.39 is 17.7 Å². The fourth-order valence-electron chi connectivity index (χ4n) is 3.91. The molecule has 1 unspecified atom stereocenters. The van der Waals surface area contributed by atoms with Gasteiger partial charge in [-0.05, 0) is 84.8 Å². The number of alkyl halides is 3. The highest BCUT2D eigenvalue weighted by molar-refractivity contribution is 7.14. The molecule has 1 aromatic heterocycles. The number of hydrogen-bond donors (Lipinski definition) is 2. The maximum absolute atomic E-state index is 12.9. The molecular weight excluding hydrogens is 491 g/mol. The maximum Gasteiger partial charge on any atom is 0.416 e. The Hall–Kier alpha value is -3.33. The number of benzene rings is 2. The predicted molar refractivity (Wildman–Crippen MR) is 134 cm³/mol. The fraction of sp³-hybridized carbons (Fsp3) is 0.333. The summed E-state index contributed by atoms with van der Waals surface area (Å²) in [5, 5.41) is 11.3. The van der Waals surface area contributed by atoms with Gasteiger partial charge in [-0.25, -0.2) is 0 Å². The van der Waals surface area contributed by atoms with Crippen molar-refractivity contribution in [2.75, 3.05) is 13.2 Å². The SMILES string of the molecule is Cc1cc(OCC(C)Cc2ccc(C(=O)NCCC(=O)O)s2)cc(C)c1-c1ccc(C(F)(F)F)cc1. The third-order valence-electron chi connectivity index (χ3n) is 5.60. The molecule has 9 heteroatoms. The van der Waals surface area contributed by atoms with E-state index in [0.717, 1.165) is 39.3 Å². The average Bonchev–Trinajstić information content (AvgIpc) is 3.25. The number of nitrogens with one attached hydrogen (secondary N) is 1. The van der Waals surface area contributed by atoms with Gasteiger partial charge in [0.05, 0.1) is 23.5 Å². The molecule has 0 saturated carbocycles. The molecular formula is C27H28F3NO4S. The third kappa shape index (κ3) is 7.34. The van der Waals surface area contributed by atoms with Gasteiger partial charge in [0.15, 0.2) is 0 Å². The van der Waals surface area contributed by atoms with E-state index in [4.69, 9.17) is 9.84 Å². The minimum Gasteiger partial charge on any atom is -0.493 e. The van der Waals surface area contributed by atoms with Crippen LogP contribution in [0.5, 0.6) is 5.75 Å². The number of aryl methyl sites for hydroxylation is 2. The van der Waals surface area contributed by atoms with E-state index in [0.29, 0.717) is 23.7 Å². The lowest BCUT2D eigenvalue weighted by Gasteiger charge is -2.16. The Kier molecular flexibility index (Phi) is 8.79. The molecule has 0 saturated heterocycles. The maximum atomic E-state index is 12.9. The number of hydrogen-bond acceptors (Lipinski definition) is 4. The van der Waals surface area contributed by atoms with Crippen molar-refractivity contribution in [3.05, 3.63) is 75.0 Å². The number of thiophene rings is 1. The van der Waals surface area contributed by atoms with Crippen LogP contribution < -0.4 is 10.1 Å². The molecule has 0 bridgehead atoms. The van der Waals surface area contributed by atoms with Gasteiger partial charge in [-0.2, -0.15) is 13.2 Å². The van der Waals surface area contributed by atoms with Gasteiger partial charge in [-0.3, -0.25) is 9.59 Å². The number of carboxylic acids is 1. The molecule has 0 aliphatic rings. The van der Waals surface area contributed by atoms with Crippen LogP contribution >= 0.6 is 11.3 Å². The number of amides is 1. The van der Waals surface area contributed by atoms with Gasteiger partial charge in [0.25, 0.3) is 5.91 Å². The summed E-state index contributed by atoms with van der Waals surface area (Å²) < 4.78 is 44.6. The Balaban J connectivity index is 1.58. The molecule has 0 fully saturated rings. The van der Waals surface area contributed by atoms with E-state index in [9.17, 15) is 22.8 Å². The van der Waals surface area contributed by atoms with E-state index in [1.54, 1.807) is 6.07 Å². The first-order chi connectivity index (χ1) is 16.9. The van der Waals surface area contributed by atoms with Crippen molar-refractivity contribution in [2.24, 2.45) is 5.92 Å². The molecule has 2 aromatic carbocycles. The number of carbonyl (C=O) groups is 2. The van der Waals surface area contributed by atoms with Crippen LogP contribution in [0.1, 0.15) is 44.6 Å². The Bertz CT molecular complexity index is 1200. The second-order valence-electron chi connectivity index (χ2n) is 8.79. The lowest BCUT2D eigenvalue weighted by molar-refractivity contribution is -0.138. The molecule has 2 N–H and O–H groups in total. The summed E-state index contributed by atoms with van der Waals surface area (Å²) in [5.74, 6) is -0.384. The van der Waals surface area contributed by atoms with Gasteiger partial charge in [-0.1, -0.05) is 19.1 Å². The minimum absolute atomic E-state index is 0.0855. The van der Waals surface area contributed by atoms with Gasteiger partial charge in [-0.15, -0.1) is 11.3 Å². The van der Waals surface area contributed by atoms with E-state index in [1.807, 2.05) is 39.0 Å². The van der Waals surface area contributed by atoms with Crippen LogP contribution in [0, 0.1) is 19.8 Å². The number of ether oxygens (including phenoxy) is 1. The highest BCUT2D eigenvalue weighted by atomic mass is 32.1. The second-order valence-corrected chi connectivity index (χ2v) is 9.96. The molecule has 36 heavy (non-hydrogen) atoms. The first-order valence-electron chi connectivity index (χ1n) is 11.4. The first-order valence-corrected chi connectivity index (χ1v) is 12.3. The number of aliphatic carboxylic acids is 1. The van der Waals surface area contributed by atoms with Crippen LogP contribution in [0.15, 0.2) is 48.5 Å². The molecule has 0 aliphatic heterocycles. The van der Waals surface area contributed by atoms with Crippen molar-refractivity contribution >= 4 is 23.2 Å². The van der Waals surface area contributed by atoms with Crippen molar-refractivity contribution in [3.63, 3.8) is 0 Å². The lowest BCUT2D eigenvalue weighted by atomic mass is 9.94. The molecule has 1 heterocycles. The van der Waals surface area contributed by atoms with Crippen LogP contribution in [-0.2, 0) is 17.4 Å². The highest BCUT2D eigenvalue weighted by Gasteiger charge is 2.30. The molecule has 1 amide bonds.